The van der Waals surface area contributed by atoms with Gasteiger partial charge in [0.05, 0.1) is 22.3 Å². The number of aromatic nitrogens is 1. The Morgan fingerprint density at radius 3 is 2.89 bits per heavy atom. The van der Waals surface area contributed by atoms with Crippen molar-refractivity contribution in [2.24, 2.45) is 0 Å². The molecule has 2 N–H and O–H groups in total. The van der Waals surface area contributed by atoms with Crippen LogP contribution in [0.15, 0.2) is 22.8 Å². The highest BCUT2D eigenvalue weighted by Gasteiger charge is 2.15. The van der Waals surface area contributed by atoms with Crippen molar-refractivity contribution in [2.45, 2.75) is 13.5 Å². The largest absolute Gasteiger partial charge is 0.478 e. The fourth-order valence-corrected chi connectivity index (χ4v) is 2.75. The standard InChI is InChI=1S/C12H10BrFN2O2S/c1-6-4-16-9(19-6)5-15-8-3-2-7(12(17)18)10(13)11(8)14/h2-4,15H,5H2,1H3,(H,17,18). The molecule has 19 heavy (non-hydrogen) atoms. The van der Waals surface area contributed by atoms with E-state index in [0.29, 0.717) is 6.54 Å². The molecule has 2 aromatic rings. The molecular weight excluding hydrogens is 335 g/mol. The molecule has 7 heteroatoms. The van der Waals surface area contributed by atoms with E-state index in [1.54, 1.807) is 6.20 Å². The van der Waals surface area contributed by atoms with E-state index in [1.165, 1.54) is 23.5 Å². The van der Waals surface area contributed by atoms with Crippen molar-refractivity contribution in [3.63, 3.8) is 0 Å². The summed E-state index contributed by atoms with van der Waals surface area (Å²) in [5, 5.41) is 12.6. The van der Waals surface area contributed by atoms with Gasteiger partial charge in [-0.2, -0.15) is 0 Å². The van der Waals surface area contributed by atoms with Gasteiger partial charge >= 0.3 is 5.97 Å². The molecule has 0 aliphatic heterocycles. The first-order chi connectivity index (χ1) is 8.99. The van der Waals surface area contributed by atoms with E-state index in [9.17, 15) is 9.18 Å². The number of halogens is 2. The van der Waals surface area contributed by atoms with Gasteiger partial charge in [0, 0.05) is 11.1 Å². The van der Waals surface area contributed by atoms with Crippen molar-refractivity contribution < 1.29 is 14.3 Å². The summed E-state index contributed by atoms with van der Waals surface area (Å²) in [7, 11) is 0. The molecule has 100 valence electrons. The highest BCUT2D eigenvalue weighted by Crippen LogP contribution is 2.27. The van der Waals surface area contributed by atoms with Gasteiger partial charge in [0.15, 0.2) is 5.82 Å². The molecule has 1 aromatic heterocycles. The molecule has 0 fully saturated rings. The number of carbonyl (C=O) groups is 1. The maximum absolute atomic E-state index is 13.9. The Kier molecular flexibility index (Phi) is 4.16. The van der Waals surface area contributed by atoms with Gasteiger partial charge in [-0.05, 0) is 35.0 Å². The van der Waals surface area contributed by atoms with Crippen LogP contribution in [0.5, 0.6) is 0 Å². The summed E-state index contributed by atoms with van der Waals surface area (Å²) >= 11 is 4.48. The predicted molar refractivity (Wildman–Crippen MR) is 75.2 cm³/mol. The number of nitrogens with zero attached hydrogens (tertiary/aromatic N) is 1. The summed E-state index contributed by atoms with van der Waals surface area (Å²) in [6.07, 6.45) is 1.75. The molecule has 0 radical (unpaired) electrons. The van der Waals surface area contributed by atoms with Gasteiger partial charge in [-0.25, -0.2) is 14.2 Å². The molecule has 0 aliphatic carbocycles. The zero-order chi connectivity index (χ0) is 14.0. The highest BCUT2D eigenvalue weighted by atomic mass is 79.9. The Bertz CT molecular complexity index is 630. The summed E-state index contributed by atoms with van der Waals surface area (Å²) < 4.78 is 13.9. The highest BCUT2D eigenvalue weighted by molar-refractivity contribution is 9.10. The summed E-state index contributed by atoms with van der Waals surface area (Å²) in [5.41, 5.74) is 0.137. The molecule has 0 saturated carbocycles. The summed E-state index contributed by atoms with van der Waals surface area (Å²) in [4.78, 5) is 16.1. The van der Waals surface area contributed by atoms with Crippen molar-refractivity contribution in [1.82, 2.24) is 4.98 Å². The average molecular weight is 345 g/mol. The average Bonchev–Trinajstić information content (AvgIpc) is 2.76. The minimum atomic E-state index is -1.17. The number of rotatable bonds is 4. The Balaban J connectivity index is 2.17. The first-order valence-electron chi connectivity index (χ1n) is 5.35. The Hall–Kier alpha value is -1.47. The molecule has 2 rings (SSSR count). The predicted octanol–water partition coefficient (Wildman–Crippen LogP) is 3.66. The molecular formula is C12H10BrFN2O2S. The molecule has 0 bridgehead atoms. The second-order valence-corrected chi connectivity index (χ2v) is 5.92. The van der Waals surface area contributed by atoms with Crippen LogP contribution in [0.1, 0.15) is 20.2 Å². The lowest BCUT2D eigenvalue weighted by molar-refractivity contribution is 0.0695. The third-order valence-electron chi connectivity index (χ3n) is 2.41. The van der Waals surface area contributed by atoms with Crippen LogP contribution in [0.25, 0.3) is 0 Å². The van der Waals surface area contributed by atoms with E-state index in [0.717, 1.165) is 9.88 Å². The lowest BCUT2D eigenvalue weighted by Gasteiger charge is -2.08. The number of hydrogen-bond donors (Lipinski definition) is 2. The van der Waals surface area contributed by atoms with Crippen molar-refractivity contribution in [3.05, 3.63) is 44.1 Å². The number of carboxylic acids is 1. The van der Waals surface area contributed by atoms with Crippen LogP contribution in [-0.2, 0) is 6.54 Å². The monoisotopic (exact) mass is 344 g/mol. The van der Waals surface area contributed by atoms with Crippen LogP contribution in [-0.4, -0.2) is 16.1 Å². The first-order valence-corrected chi connectivity index (χ1v) is 6.96. The van der Waals surface area contributed by atoms with Crippen LogP contribution in [0.4, 0.5) is 10.1 Å². The molecule has 4 nitrogen and oxygen atoms in total. The summed E-state index contributed by atoms with van der Waals surface area (Å²) in [6, 6.07) is 2.76. The normalized spacial score (nSPS) is 10.5. The third-order valence-corrected chi connectivity index (χ3v) is 4.10. The number of thiazole rings is 1. The zero-order valence-corrected chi connectivity index (χ0v) is 12.3. The SMILES string of the molecule is Cc1cnc(CNc2ccc(C(=O)O)c(Br)c2F)s1. The minimum Gasteiger partial charge on any atom is -0.478 e. The molecule has 1 heterocycles. The molecule has 0 unspecified atom stereocenters. The second-order valence-electron chi connectivity index (χ2n) is 3.81. The zero-order valence-electron chi connectivity index (χ0n) is 9.91. The Labute approximate surface area is 121 Å². The van der Waals surface area contributed by atoms with E-state index >= 15 is 0 Å². The number of anilines is 1. The molecule has 0 spiro atoms. The molecule has 1 aromatic carbocycles. The Morgan fingerprint density at radius 2 is 2.32 bits per heavy atom. The summed E-state index contributed by atoms with van der Waals surface area (Å²) in [5.74, 6) is -1.79. The number of benzene rings is 1. The second kappa shape index (κ2) is 5.66. The van der Waals surface area contributed by atoms with E-state index in [2.05, 4.69) is 26.2 Å². The summed E-state index contributed by atoms with van der Waals surface area (Å²) in [6.45, 7) is 2.34. The third kappa shape index (κ3) is 3.10. The van der Waals surface area contributed by atoms with Crippen LogP contribution in [0.2, 0.25) is 0 Å². The number of hydrogen-bond acceptors (Lipinski definition) is 4. The van der Waals surface area contributed by atoms with Gasteiger partial charge in [0.1, 0.15) is 5.01 Å². The lowest BCUT2D eigenvalue weighted by atomic mass is 10.2. The van der Waals surface area contributed by atoms with Crippen molar-refractivity contribution >= 4 is 38.9 Å². The van der Waals surface area contributed by atoms with Gasteiger partial charge in [-0.3, -0.25) is 0 Å². The van der Waals surface area contributed by atoms with Crippen molar-refractivity contribution in [3.8, 4) is 0 Å². The topological polar surface area (TPSA) is 62.2 Å². The van der Waals surface area contributed by atoms with E-state index < -0.39 is 11.8 Å². The van der Waals surface area contributed by atoms with Crippen LogP contribution >= 0.6 is 27.3 Å². The maximum Gasteiger partial charge on any atom is 0.336 e. The number of aryl methyl sites for hydroxylation is 1. The van der Waals surface area contributed by atoms with Gasteiger partial charge in [-0.15, -0.1) is 11.3 Å². The van der Waals surface area contributed by atoms with Crippen LogP contribution < -0.4 is 5.32 Å². The number of nitrogens with one attached hydrogen (secondary N) is 1. The van der Waals surface area contributed by atoms with E-state index in [-0.39, 0.29) is 15.7 Å². The molecule has 0 amide bonds. The van der Waals surface area contributed by atoms with Gasteiger partial charge in [0.2, 0.25) is 0 Å². The van der Waals surface area contributed by atoms with Crippen LogP contribution in [0.3, 0.4) is 0 Å². The molecule has 0 atom stereocenters. The van der Waals surface area contributed by atoms with Gasteiger partial charge < -0.3 is 10.4 Å². The smallest absolute Gasteiger partial charge is 0.336 e. The number of aromatic carboxylic acids is 1. The van der Waals surface area contributed by atoms with Crippen LogP contribution in [0, 0.1) is 12.7 Å². The lowest BCUT2D eigenvalue weighted by Crippen LogP contribution is -2.05. The van der Waals surface area contributed by atoms with E-state index in [1.807, 2.05) is 6.92 Å². The fourth-order valence-electron chi connectivity index (χ4n) is 1.51. The Morgan fingerprint density at radius 1 is 1.58 bits per heavy atom. The molecule has 0 saturated heterocycles. The maximum atomic E-state index is 13.9. The number of carboxylic acid groups (broad SMARTS) is 1. The van der Waals surface area contributed by atoms with Gasteiger partial charge in [0.25, 0.3) is 0 Å². The molecule has 0 aliphatic rings. The quantitative estimate of drug-likeness (QED) is 0.888. The van der Waals surface area contributed by atoms with E-state index in [4.69, 9.17) is 5.11 Å². The van der Waals surface area contributed by atoms with Gasteiger partial charge in [-0.1, -0.05) is 0 Å². The first kappa shape index (κ1) is 14.0. The fraction of sp³-hybridized carbons (Fsp3) is 0.167. The van der Waals surface area contributed by atoms with Crippen molar-refractivity contribution in [1.29, 1.82) is 0 Å². The van der Waals surface area contributed by atoms with Crippen molar-refractivity contribution in [2.75, 3.05) is 5.32 Å². The minimum absolute atomic E-state index is 0.0553.